The van der Waals surface area contributed by atoms with Gasteiger partial charge in [-0.1, -0.05) is 30.7 Å². The molecular weight excluding hydrogens is 196 g/mol. The van der Waals surface area contributed by atoms with Gasteiger partial charge in [0, 0.05) is 0 Å². The van der Waals surface area contributed by atoms with Crippen molar-refractivity contribution >= 4 is 0 Å². The summed E-state index contributed by atoms with van der Waals surface area (Å²) in [5.41, 5.74) is 2.99. The highest BCUT2D eigenvalue weighted by Crippen LogP contribution is 2.60. The average molecular weight is 220 g/mol. The van der Waals surface area contributed by atoms with E-state index in [1.165, 1.54) is 31.3 Å². The Balaban J connectivity index is 1.96. The van der Waals surface area contributed by atoms with Gasteiger partial charge in [-0.05, 0) is 56.3 Å². The molecule has 0 aliphatic heterocycles. The first-order valence-corrected chi connectivity index (χ1v) is 6.53. The molecule has 0 spiro atoms. The molecule has 1 N–H and O–H groups in total. The minimum Gasteiger partial charge on any atom is -0.392 e. The lowest BCUT2D eigenvalue weighted by molar-refractivity contribution is 0.240. The van der Waals surface area contributed by atoms with Crippen LogP contribution in [0.4, 0.5) is 0 Å². The molecule has 2 fully saturated rings. The maximum Gasteiger partial charge on any atom is 0.0639 e. The average Bonchev–Trinajstić information content (AvgIpc) is 2.83. The zero-order chi connectivity index (χ0) is 11.8. The summed E-state index contributed by atoms with van der Waals surface area (Å²) in [7, 11) is 0. The lowest BCUT2D eigenvalue weighted by Gasteiger charge is -2.36. The predicted octanol–water partition coefficient (Wildman–Crippen LogP) is 3.70. The summed E-state index contributed by atoms with van der Waals surface area (Å²) in [6.07, 6.45) is 8.66. The van der Waals surface area contributed by atoms with Crippen LogP contribution in [0.5, 0.6) is 0 Å². The molecule has 2 aliphatic carbocycles. The molecule has 0 aromatic rings. The van der Waals surface area contributed by atoms with E-state index in [2.05, 4.69) is 19.6 Å². The second-order valence-corrected chi connectivity index (χ2v) is 5.90. The van der Waals surface area contributed by atoms with Crippen LogP contribution in [0, 0.1) is 17.3 Å². The van der Waals surface area contributed by atoms with Crippen molar-refractivity contribution in [3.63, 3.8) is 0 Å². The fourth-order valence-corrected chi connectivity index (χ4v) is 3.65. The van der Waals surface area contributed by atoms with Gasteiger partial charge in [0.1, 0.15) is 0 Å². The molecule has 1 heteroatoms. The Kier molecular flexibility index (Phi) is 3.25. The highest BCUT2D eigenvalue weighted by Gasteiger charge is 2.49. The van der Waals surface area contributed by atoms with Crippen molar-refractivity contribution in [3.05, 3.63) is 23.8 Å². The van der Waals surface area contributed by atoms with Crippen molar-refractivity contribution in [3.8, 4) is 0 Å². The van der Waals surface area contributed by atoms with E-state index >= 15 is 0 Å². The predicted molar refractivity (Wildman–Crippen MR) is 68.2 cm³/mol. The highest BCUT2D eigenvalue weighted by atomic mass is 16.3. The Morgan fingerprint density at radius 3 is 2.88 bits per heavy atom. The van der Waals surface area contributed by atoms with Crippen LogP contribution in [0.25, 0.3) is 0 Å². The first-order chi connectivity index (χ1) is 7.58. The molecule has 0 heterocycles. The third kappa shape index (κ3) is 1.86. The van der Waals surface area contributed by atoms with Crippen molar-refractivity contribution in [1.29, 1.82) is 0 Å². The summed E-state index contributed by atoms with van der Waals surface area (Å²) in [4.78, 5) is 0. The van der Waals surface area contributed by atoms with Gasteiger partial charge in [-0.2, -0.15) is 0 Å². The van der Waals surface area contributed by atoms with E-state index in [1.54, 1.807) is 0 Å². The molecule has 2 aliphatic rings. The van der Waals surface area contributed by atoms with Crippen molar-refractivity contribution < 1.29 is 5.11 Å². The van der Waals surface area contributed by atoms with E-state index in [9.17, 15) is 0 Å². The first-order valence-electron chi connectivity index (χ1n) is 6.53. The Morgan fingerprint density at radius 1 is 1.56 bits per heavy atom. The zero-order valence-electron chi connectivity index (χ0n) is 10.6. The molecule has 2 rings (SSSR count). The largest absolute Gasteiger partial charge is 0.392 e. The Bertz CT molecular complexity index is 315. The van der Waals surface area contributed by atoms with Gasteiger partial charge in [0.15, 0.2) is 0 Å². The Hall–Kier alpha value is -0.560. The monoisotopic (exact) mass is 220 g/mol. The second kappa shape index (κ2) is 4.37. The van der Waals surface area contributed by atoms with Crippen LogP contribution in [0.1, 0.15) is 46.0 Å². The maximum atomic E-state index is 8.96. The molecule has 0 aromatic carbocycles. The molecule has 3 atom stereocenters. The first kappa shape index (κ1) is 11.9. The smallest absolute Gasteiger partial charge is 0.0639 e. The van der Waals surface area contributed by atoms with E-state index in [-0.39, 0.29) is 6.61 Å². The summed E-state index contributed by atoms with van der Waals surface area (Å²) >= 11 is 0. The van der Waals surface area contributed by atoms with Gasteiger partial charge >= 0.3 is 0 Å². The van der Waals surface area contributed by atoms with Gasteiger partial charge in [0.2, 0.25) is 0 Å². The number of fused-ring (bicyclic) bond motifs is 2. The maximum absolute atomic E-state index is 8.96. The summed E-state index contributed by atoms with van der Waals surface area (Å²) in [5.74, 6) is 1.70. The number of aliphatic hydroxyl groups is 1. The van der Waals surface area contributed by atoms with Crippen molar-refractivity contribution in [2.24, 2.45) is 17.3 Å². The van der Waals surface area contributed by atoms with Crippen LogP contribution in [0.3, 0.4) is 0 Å². The van der Waals surface area contributed by atoms with Gasteiger partial charge in [0.25, 0.3) is 0 Å². The van der Waals surface area contributed by atoms with Crippen LogP contribution in [0.2, 0.25) is 0 Å². The lowest BCUT2D eigenvalue weighted by Crippen LogP contribution is -2.26. The van der Waals surface area contributed by atoms with Crippen LogP contribution < -0.4 is 0 Å². The van der Waals surface area contributed by atoms with Crippen molar-refractivity contribution in [1.82, 2.24) is 0 Å². The molecule has 1 nitrogen and oxygen atoms in total. The van der Waals surface area contributed by atoms with E-state index < -0.39 is 0 Å². The molecule has 0 radical (unpaired) electrons. The van der Waals surface area contributed by atoms with Gasteiger partial charge < -0.3 is 5.11 Å². The van der Waals surface area contributed by atoms with Gasteiger partial charge in [0.05, 0.1) is 6.61 Å². The number of hydrogen-bond acceptors (Lipinski definition) is 1. The summed E-state index contributed by atoms with van der Waals surface area (Å²) in [6, 6.07) is 0. The fraction of sp³-hybridized carbons (Fsp3) is 0.733. The second-order valence-electron chi connectivity index (χ2n) is 5.90. The van der Waals surface area contributed by atoms with Crippen molar-refractivity contribution in [2.75, 3.05) is 6.61 Å². The summed E-state index contributed by atoms with van der Waals surface area (Å²) in [6.45, 7) is 8.94. The van der Waals surface area contributed by atoms with Gasteiger partial charge in [-0.25, -0.2) is 0 Å². The molecule has 0 saturated heterocycles. The lowest BCUT2D eigenvalue weighted by atomic mass is 9.69. The van der Waals surface area contributed by atoms with Gasteiger partial charge in [-0.3, -0.25) is 0 Å². The van der Waals surface area contributed by atoms with Crippen LogP contribution in [0.15, 0.2) is 23.8 Å². The van der Waals surface area contributed by atoms with E-state index in [0.717, 1.165) is 23.8 Å². The third-order valence-corrected chi connectivity index (χ3v) is 4.97. The standard InChI is InChI=1S/C15H24O/c1-11(10-16)5-4-8-15(3)12(2)13-6-7-14(15)9-13/h5,13-14,16H,2,4,6-10H2,1,3H3/b11-5+/t13-,14+,15-/m1/s1. The topological polar surface area (TPSA) is 20.2 Å². The minimum atomic E-state index is 0.198. The quantitative estimate of drug-likeness (QED) is 0.716. The van der Waals surface area contributed by atoms with E-state index in [4.69, 9.17) is 5.11 Å². The molecule has 0 unspecified atom stereocenters. The highest BCUT2D eigenvalue weighted by molar-refractivity contribution is 5.24. The summed E-state index contributed by atoms with van der Waals surface area (Å²) < 4.78 is 0. The van der Waals surface area contributed by atoms with Crippen LogP contribution in [-0.4, -0.2) is 11.7 Å². The number of allylic oxidation sites excluding steroid dienone is 2. The third-order valence-electron chi connectivity index (χ3n) is 4.97. The van der Waals surface area contributed by atoms with Crippen LogP contribution >= 0.6 is 0 Å². The number of rotatable bonds is 4. The molecule has 2 saturated carbocycles. The summed E-state index contributed by atoms with van der Waals surface area (Å²) in [5, 5.41) is 8.96. The Morgan fingerprint density at radius 2 is 2.31 bits per heavy atom. The normalized spacial score (nSPS) is 38.4. The van der Waals surface area contributed by atoms with E-state index in [0.29, 0.717) is 5.41 Å². The molecular formula is C15H24O. The molecule has 2 bridgehead atoms. The zero-order valence-corrected chi connectivity index (χ0v) is 10.6. The SMILES string of the molecule is C=C1[C@@H]2CC[C@@H](C2)[C@]1(C)CC/C=C(\C)CO. The molecule has 0 amide bonds. The fourth-order valence-electron chi connectivity index (χ4n) is 3.65. The number of hydrogen-bond donors (Lipinski definition) is 1. The number of aliphatic hydroxyl groups excluding tert-OH is 1. The van der Waals surface area contributed by atoms with E-state index in [1.807, 2.05) is 6.92 Å². The molecule has 0 aromatic heterocycles. The van der Waals surface area contributed by atoms with Crippen molar-refractivity contribution in [2.45, 2.75) is 46.0 Å². The van der Waals surface area contributed by atoms with Crippen LogP contribution in [-0.2, 0) is 0 Å². The molecule has 16 heavy (non-hydrogen) atoms. The minimum absolute atomic E-state index is 0.198. The Labute approximate surface area is 99.3 Å². The van der Waals surface area contributed by atoms with Gasteiger partial charge in [-0.15, -0.1) is 0 Å². The molecule has 90 valence electrons.